The second kappa shape index (κ2) is 3.68. The number of aldehydes is 1. The highest BCUT2D eigenvalue weighted by Crippen LogP contribution is 1.79. The van der Waals surface area contributed by atoms with Crippen molar-refractivity contribution >= 4 is 16.1 Å². The van der Waals surface area contributed by atoms with Gasteiger partial charge in [0.2, 0.25) is 0 Å². The Morgan fingerprint density at radius 1 is 1.60 bits per heavy atom. The zero-order chi connectivity index (χ0) is 8.20. The van der Waals surface area contributed by atoms with Crippen LogP contribution >= 0.6 is 0 Å². The van der Waals surface area contributed by atoms with E-state index in [1.807, 2.05) is 0 Å². The lowest BCUT2D eigenvalue weighted by atomic mass is 10.4. The average Bonchev–Trinajstić information content (AvgIpc) is 1.81. The summed E-state index contributed by atoms with van der Waals surface area (Å²) in [7, 11) is -3.00. The smallest absolute Gasteiger partial charge is 0.160 e. The Morgan fingerprint density at radius 3 is 2.40 bits per heavy atom. The highest BCUT2D eigenvalue weighted by molar-refractivity contribution is 7.90. The number of hydrogen-bond donors (Lipinski definition) is 1. The minimum Gasteiger partial charge on any atom is -0.302 e. The molecule has 0 bridgehead atoms. The molecule has 0 aromatic rings. The van der Waals surface area contributed by atoms with Gasteiger partial charge in [-0.05, 0) is 6.92 Å². The van der Waals surface area contributed by atoms with Gasteiger partial charge in [-0.2, -0.15) is 0 Å². The van der Waals surface area contributed by atoms with E-state index in [1.165, 1.54) is 0 Å². The molecule has 0 aliphatic heterocycles. The Kier molecular flexibility index (Phi) is 3.52. The monoisotopic (exact) mass is 165 g/mol. The van der Waals surface area contributed by atoms with Gasteiger partial charge in [-0.3, -0.25) is 5.32 Å². The highest BCUT2D eigenvalue weighted by Gasteiger charge is 2.03. The first-order valence-electron chi connectivity index (χ1n) is 2.82. The summed E-state index contributed by atoms with van der Waals surface area (Å²) in [5.74, 6) is -0.146. The van der Waals surface area contributed by atoms with Crippen molar-refractivity contribution in [1.29, 1.82) is 0 Å². The summed E-state index contributed by atoms with van der Waals surface area (Å²) in [6.07, 6.45) is 1.77. The predicted octanol–water partition coefficient (Wildman–Crippen LogP) is -0.834. The van der Waals surface area contributed by atoms with E-state index in [0.29, 0.717) is 6.29 Å². The Bertz CT molecular complexity index is 197. The summed E-state index contributed by atoms with van der Waals surface area (Å²) in [6, 6.07) is -0.394. The maximum absolute atomic E-state index is 10.5. The molecular formula is C5H11NO3S. The molecule has 0 saturated carbocycles. The van der Waals surface area contributed by atoms with Crippen LogP contribution in [0.5, 0.6) is 0 Å². The molecule has 0 aromatic carbocycles. The molecule has 0 spiro atoms. The number of hydrogen-bond acceptors (Lipinski definition) is 4. The third kappa shape index (κ3) is 5.71. The number of nitrogens with one attached hydrogen (secondary N) is 1. The molecule has 60 valence electrons. The first-order chi connectivity index (χ1) is 4.45. The summed E-state index contributed by atoms with van der Waals surface area (Å²) in [5, 5.41) is 2.52. The zero-order valence-electron chi connectivity index (χ0n) is 5.99. The number of carbonyl (C=O) groups is 1. The summed E-state index contributed by atoms with van der Waals surface area (Å²) in [6.45, 7) is 1.60. The van der Waals surface area contributed by atoms with Gasteiger partial charge in [0.05, 0.1) is 11.9 Å². The lowest BCUT2D eigenvalue weighted by Gasteiger charge is -2.03. The summed E-state index contributed by atoms with van der Waals surface area (Å²) in [4.78, 5) is 9.96. The Hall–Kier alpha value is -0.420. The van der Waals surface area contributed by atoms with Crippen molar-refractivity contribution in [3.8, 4) is 0 Å². The third-order valence-corrected chi connectivity index (χ3v) is 1.56. The minimum absolute atomic E-state index is 0.146. The molecule has 5 heteroatoms. The number of rotatable bonds is 4. The molecule has 0 rings (SSSR count). The van der Waals surface area contributed by atoms with E-state index in [1.54, 1.807) is 6.92 Å². The van der Waals surface area contributed by atoms with Crippen LogP contribution in [0.1, 0.15) is 6.92 Å². The van der Waals surface area contributed by atoms with Crippen molar-refractivity contribution in [2.75, 3.05) is 12.1 Å². The molecule has 0 aromatic heterocycles. The third-order valence-electron chi connectivity index (χ3n) is 0.872. The van der Waals surface area contributed by atoms with Crippen molar-refractivity contribution in [3.05, 3.63) is 0 Å². The second-order valence-electron chi connectivity index (χ2n) is 2.20. The van der Waals surface area contributed by atoms with Gasteiger partial charge < -0.3 is 4.79 Å². The van der Waals surface area contributed by atoms with E-state index in [-0.39, 0.29) is 5.88 Å². The van der Waals surface area contributed by atoms with E-state index in [4.69, 9.17) is 0 Å². The van der Waals surface area contributed by atoms with Crippen molar-refractivity contribution in [2.24, 2.45) is 0 Å². The van der Waals surface area contributed by atoms with Crippen LogP contribution in [0.4, 0.5) is 0 Å². The maximum atomic E-state index is 10.5. The summed E-state index contributed by atoms with van der Waals surface area (Å²) in [5.41, 5.74) is 0. The van der Waals surface area contributed by atoms with Crippen molar-refractivity contribution < 1.29 is 13.2 Å². The molecule has 10 heavy (non-hydrogen) atoms. The summed E-state index contributed by atoms with van der Waals surface area (Å²) >= 11 is 0. The summed E-state index contributed by atoms with van der Waals surface area (Å²) < 4.78 is 20.9. The number of carbonyl (C=O) groups excluding carboxylic acids is 1. The lowest BCUT2D eigenvalue weighted by Crippen LogP contribution is -2.31. The molecule has 0 aliphatic carbocycles. The fraction of sp³-hybridized carbons (Fsp3) is 0.800. The van der Waals surface area contributed by atoms with Crippen LogP contribution in [0, 0.1) is 0 Å². The normalized spacial score (nSPS) is 14.6. The van der Waals surface area contributed by atoms with Gasteiger partial charge in [0.15, 0.2) is 9.84 Å². The molecule has 1 unspecified atom stereocenters. The minimum atomic E-state index is -3.00. The fourth-order valence-electron chi connectivity index (χ4n) is 0.331. The Morgan fingerprint density at radius 2 is 2.10 bits per heavy atom. The van der Waals surface area contributed by atoms with Gasteiger partial charge in [0.25, 0.3) is 0 Å². The SMILES string of the molecule is CC(C=O)NCS(C)(=O)=O. The molecular weight excluding hydrogens is 154 g/mol. The van der Waals surface area contributed by atoms with Crippen LogP contribution in [0.2, 0.25) is 0 Å². The van der Waals surface area contributed by atoms with Crippen molar-refractivity contribution in [2.45, 2.75) is 13.0 Å². The molecule has 0 radical (unpaired) electrons. The lowest BCUT2D eigenvalue weighted by molar-refractivity contribution is -0.109. The maximum Gasteiger partial charge on any atom is 0.160 e. The van der Waals surface area contributed by atoms with Gasteiger partial charge in [-0.1, -0.05) is 0 Å². The van der Waals surface area contributed by atoms with Crippen LogP contribution in [-0.2, 0) is 14.6 Å². The molecule has 0 heterocycles. The van der Waals surface area contributed by atoms with Crippen molar-refractivity contribution in [1.82, 2.24) is 5.32 Å². The zero-order valence-corrected chi connectivity index (χ0v) is 6.81. The van der Waals surface area contributed by atoms with Gasteiger partial charge in [0.1, 0.15) is 6.29 Å². The highest BCUT2D eigenvalue weighted by atomic mass is 32.2. The average molecular weight is 165 g/mol. The van der Waals surface area contributed by atoms with Gasteiger partial charge in [-0.15, -0.1) is 0 Å². The largest absolute Gasteiger partial charge is 0.302 e. The first-order valence-corrected chi connectivity index (χ1v) is 4.88. The molecule has 0 saturated heterocycles. The first kappa shape index (κ1) is 9.58. The molecule has 4 nitrogen and oxygen atoms in total. The molecule has 0 amide bonds. The number of sulfone groups is 1. The van der Waals surface area contributed by atoms with Gasteiger partial charge in [-0.25, -0.2) is 8.42 Å². The van der Waals surface area contributed by atoms with Gasteiger partial charge in [0, 0.05) is 6.26 Å². The fourth-order valence-corrected chi connectivity index (χ4v) is 0.897. The molecule has 1 N–H and O–H groups in total. The Balaban J connectivity index is 3.66. The standard InChI is InChI=1S/C5H11NO3S/c1-5(3-7)6-4-10(2,8)9/h3,5-6H,4H2,1-2H3. The molecule has 1 atom stereocenters. The van der Waals surface area contributed by atoms with Crippen LogP contribution in [-0.4, -0.2) is 32.9 Å². The van der Waals surface area contributed by atoms with Gasteiger partial charge >= 0.3 is 0 Å². The molecule has 0 aliphatic rings. The second-order valence-corrected chi connectivity index (χ2v) is 4.34. The predicted molar refractivity (Wildman–Crippen MR) is 38.4 cm³/mol. The quantitative estimate of drug-likeness (QED) is 0.552. The van der Waals surface area contributed by atoms with E-state index in [0.717, 1.165) is 6.26 Å². The topological polar surface area (TPSA) is 63.2 Å². The van der Waals surface area contributed by atoms with Crippen LogP contribution in [0.3, 0.4) is 0 Å². The Labute approximate surface area is 60.5 Å². The van der Waals surface area contributed by atoms with Crippen molar-refractivity contribution in [3.63, 3.8) is 0 Å². The molecule has 0 fully saturated rings. The van der Waals surface area contributed by atoms with Crippen LogP contribution < -0.4 is 5.32 Å². The van der Waals surface area contributed by atoms with E-state index >= 15 is 0 Å². The van der Waals surface area contributed by atoms with Crippen LogP contribution in [0.15, 0.2) is 0 Å². The van der Waals surface area contributed by atoms with Crippen LogP contribution in [0.25, 0.3) is 0 Å². The van der Waals surface area contributed by atoms with E-state index in [2.05, 4.69) is 5.32 Å². The van der Waals surface area contributed by atoms with E-state index < -0.39 is 15.9 Å². The van der Waals surface area contributed by atoms with E-state index in [9.17, 15) is 13.2 Å².